The Balaban J connectivity index is 2.45. The van der Waals surface area contributed by atoms with Crippen molar-refractivity contribution >= 4 is 11.5 Å². The Morgan fingerprint density at radius 2 is 2.45 bits per heavy atom. The van der Waals surface area contributed by atoms with Crippen LogP contribution in [-0.4, -0.2) is 18.0 Å². The molecule has 1 heterocycles. The maximum Gasteiger partial charge on any atom is 0.138 e. The van der Waals surface area contributed by atoms with Crippen LogP contribution < -0.4 is 0 Å². The number of allylic oxidation sites excluding steroid dienone is 1. The molecule has 0 bridgehead atoms. The lowest BCUT2D eigenvalue weighted by atomic mass is 10.1. The van der Waals surface area contributed by atoms with Gasteiger partial charge in [0.2, 0.25) is 0 Å². The number of rotatable bonds is 3. The molecule has 0 saturated carbocycles. The SMILES string of the molecule is CCC(=O)CC1=NCC(C)=C1. The molecule has 2 nitrogen and oxygen atoms in total. The summed E-state index contributed by atoms with van der Waals surface area (Å²) < 4.78 is 0. The Morgan fingerprint density at radius 1 is 1.73 bits per heavy atom. The van der Waals surface area contributed by atoms with Gasteiger partial charge in [-0.25, -0.2) is 0 Å². The standard InChI is InChI=1S/C9H13NO/c1-3-9(11)5-8-4-7(2)6-10-8/h4H,3,5-6H2,1-2H3. The van der Waals surface area contributed by atoms with Crippen molar-refractivity contribution in [3.05, 3.63) is 11.6 Å². The average Bonchev–Trinajstić information content (AvgIpc) is 2.35. The molecular formula is C9H13NO. The van der Waals surface area contributed by atoms with E-state index in [1.807, 2.05) is 19.9 Å². The van der Waals surface area contributed by atoms with Gasteiger partial charge in [0.1, 0.15) is 5.78 Å². The molecule has 1 aliphatic rings. The number of ketones is 1. The first-order valence-corrected chi connectivity index (χ1v) is 3.94. The second kappa shape index (κ2) is 3.46. The molecule has 60 valence electrons. The fourth-order valence-corrected chi connectivity index (χ4v) is 1.04. The summed E-state index contributed by atoms with van der Waals surface area (Å²) in [4.78, 5) is 15.2. The van der Waals surface area contributed by atoms with Gasteiger partial charge in [-0.1, -0.05) is 12.5 Å². The van der Waals surface area contributed by atoms with Gasteiger partial charge >= 0.3 is 0 Å². The van der Waals surface area contributed by atoms with Gasteiger partial charge in [-0.3, -0.25) is 9.79 Å². The topological polar surface area (TPSA) is 29.4 Å². The molecular weight excluding hydrogens is 138 g/mol. The summed E-state index contributed by atoms with van der Waals surface area (Å²) >= 11 is 0. The highest BCUT2D eigenvalue weighted by Gasteiger charge is 2.07. The highest BCUT2D eigenvalue weighted by Crippen LogP contribution is 2.07. The van der Waals surface area contributed by atoms with Crippen LogP contribution in [0.4, 0.5) is 0 Å². The van der Waals surface area contributed by atoms with E-state index in [0.717, 1.165) is 12.3 Å². The van der Waals surface area contributed by atoms with E-state index in [9.17, 15) is 4.79 Å². The largest absolute Gasteiger partial charge is 0.299 e. The van der Waals surface area contributed by atoms with Crippen LogP contribution in [0.3, 0.4) is 0 Å². The molecule has 0 aromatic heterocycles. The van der Waals surface area contributed by atoms with Crippen LogP contribution in [0.1, 0.15) is 26.7 Å². The molecule has 0 N–H and O–H groups in total. The second-order valence-corrected chi connectivity index (χ2v) is 2.87. The van der Waals surface area contributed by atoms with E-state index in [1.54, 1.807) is 0 Å². The summed E-state index contributed by atoms with van der Waals surface area (Å²) in [6, 6.07) is 0. The van der Waals surface area contributed by atoms with Gasteiger partial charge in [-0.15, -0.1) is 0 Å². The van der Waals surface area contributed by atoms with Crippen molar-refractivity contribution in [1.82, 2.24) is 0 Å². The second-order valence-electron chi connectivity index (χ2n) is 2.87. The summed E-state index contributed by atoms with van der Waals surface area (Å²) in [5.74, 6) is 0.273. The lowest BCUT2D eigenvalue weighted by Gasteiger charge is -1.92. The third-order valence-corrected chi connectivity index (χ3v) is 1.72. The summed E-state index contributed by atoms with van der Waals surface area (Å²) in [7, 11) is 0. The van der Waals surface area contributed by atoms with Crippen molar-refractivity contribution in [2.45, 2.75) is 26.7 Å². The number of Topliss-reactive ketones (excluding diaryl/α,β-unsaturated/α-hetero) is 1. The molecule has 0 aromatic rings. The van der Waals surface area contributed by atoms with Crippen molar-refractivity contribution in [2.75, 3.05) is 6.54 Å². The molecule has 0 radical (unpaired) electrons. The average molecular weight is 151 g/mol. The Kier molecular flexibility index (Phi) is 2.58. The molecule has 11 heavy (non-hydrogen) atoms. The Hall–Kier alpha value is -0.920. The Labute approximate surface area is 67.0 Å². The Bertz CT molecular complexity index is 226. The van der Waals surface area contributed by atoms with Crippen molar-refractivity contribution in [3.63, 3.8) is 0 Å². The van der Waals surface area contributed by atoms with Crippen LogP contribution >= 0.6 is 0 Å². The fourth-order valence-electron chi connectivity index (χ4n) is 1.04. The lowest BCUT2D eigenvalue weighted by molar-refractivity contribution is -0.117. The van der Waals surface area contributed by atoms with Crippen LogP contribution in [0.5, 0.6) is 0 Å². The molecule has 0 saturated heterocycles. The van der Waals surface area contributed by atoms with Gasteiger partial charge in [-0.2, -0.15) is 0 Å². The van der Waals surface area contributed by atoms with Crippen LogP contribution in [-0.2, 0) is 4.79 Å². The van der Waals surface area contributed by atoms with Gasteiger partial charge < -0.3 is 0 Å². The molecule has 1 rings (SSSR count). The third kappa shape index (κ3) is 2.30. The van der Waals surface area contributed by atoms with Gasteiger partial charge in [-0.05, 0) is 13.0 Å². The minimum atomic E-state index is 0.273. The fraction of sp³-hybridized carbons (Fsp3) is 0.556. The van der Waals surface area contributed by atoms with E-state index in [4.69, 9.17) is 0 Å². The third-order valence-electron chi connectivity index (χ3n) is 1.72. The summed E-state index contributed by atoms with van der Waals surface area (Å²) in [5, 5.41) is 0. The summed E-state index contributed by atoms with van der Waals surface area (Å²) in [5.41, 5.74) is 2.21. The molecule has 0 unspecified atom stereocenters. The molecule has 0 aliphatic carbocycles. The van der Waals surface area contributed by atoms with E-state index in [1.165, 1.54) is 5.57 Å². The molecule has 0 aromatic carbocycles. The van der Waals surface area contributed by atoms with E-state index in [0.29, 0.717) is 12.8 Å². The predicted octanol–water partition coefficient (Wildman–Crippen LogP) is 1.76. The molecule has 1 aliphatic heterocycles. The van der Waals surface area contributed by atoms with E-state index in [2.05, 4.69) is 4.99 Å². The predicted molar refractivity (Wildman–Crippen MR) is 46.0 cm³/mol. The lowest BCUT2D eigenvalue weighted by Crippen LogP contribution is -2.02. The zero-order valence-electron chi connectivity index (χ0n) is 7.05. The van der Waals surface area contributed by atoms with Crippen LogP contribution in [0.25, 0.3) is 0 Å². The summed E-state index contributed by atoms with van der Waals surface area (Å²) in [6.07, 6.45) is 3.15. The highest BCUT2D eigenvalue weighted by molar-refractivity contribution is 6.08. The first kappa shape index (κ1) is 8.18. The monoisotopic (exact) mass is 151 g/mol. The number of hydrogen-bond acceptors (Lipinski definition) is 2. The van der Waals surface area contributed by atoms with Gasteiger partial charge in [0, 0.05) is 18.6 Å². The number of carbonyl (C=O) groups excluding carboxylic acids is 1. The van der Waals surface area contributed by atoms with Gasteiger partial charge in [0.05, 0.1) is 6.54 Å². The van der Waals surface area contributed by atoms with Crippen LogP contribution in [0, 0.1) is 0 Å². The van der Waals surface area contributed by atoms with Crippen molar-refractivity contribution in [2.24, 2.45) is 4.99 Å². The number of aliphatic imine (C=N–C) groups is 1. The highest BCUT2D eigenvalue weighted by atomic mass is 16.1. The maximum absolute atomic E-state index is 11.0. The zero-order chi connectivity index (χ0) is 8.27. The smallest absolute Gasteiger partial charge is 0.138 e. The normalized spacial score (nSPS) is 16.2. The van der Waals surface area contributed by atoms with Gasteiger partial charge in [0.25, 0.3) is 0 Å². The van der Waals surface area contributed by atoms with E-state index in [-0.39, 0.29) is 5.78 Å². The number of nitrogens with zero attached hydrogens (tertiary/aromatic N) is 1. The van der Waals surface area contributed by atoms with Crippen molar-refractivity contribution in [1.29, 1.82) is 0 Å². The number of hydrogen-bond donors (Lipinski definition) is 0. The van der Waals surface area contributed by atoms with Gasteiger partial charge in [0.15, 0.2) is 0 Å². The first-order chi connectivity index (χ1) is 5.22. The quantitative estimate of drug-likeness (QED) is 0.604. The molecule has 0 fully saturated rings. The molecule has 0 atom stereocenters. The molecule has 2 heteroatoms. The zero-order valence-corrected chi connectivity index (χ0v) is 7.05. The van der Waals surface area contributed by atoms with Crippen molar-refractivity contribution in [3.8, 4) is 0 Å². The Morgan fingerprint density at radius 3 is 2.91 bits per heavy atom. The van der Waals surface area contributed by atoms with E-state index >= 15 is 0 Å². The summed E-state index contributed by atoms with van der Waals surface area (Å²) in [6.45, 7) is 4.70. The first-order valence-electron chi connectivity index (χ1n) is 3.94. The molecule has 0 spiro atoms. The number of carbonyl (C=O) groups is 1. The van der Waals surface area contributed by atoms with E-state index < -0.39 is 0 Å². The minimum absolute atomic E-state index is 0.273. The molecule has 0 amide bonds. The van der Waals surface area contributed by atoms with Crippen LogP contribution in [0.15, 0.2) is 16.6 Å². The minimum Gasteiger partial charge on any atom is -0.299 e. The maximum atomic E-state index is 11.0. The van der Waals surface area contributed by atoms with Crippen LogP contribution in [0.2, 0.25) is 0 Å². The van der Waals surface area contributed by atoms with Crippen molar-refractivity contribution < 1.29 is 4.79 Å².